The fourth-order valence-electron chi connectivity index (χ4n) is 3.63. The van der Waals surface area contributed by atoms with Crippen molar-refractivity contribution in [3.63, 3.8) is 0 Å². The van der Waals surface area contributed by atoms with E-state index in [0.717, 1.165) is 19.6 Å². The topological polar surface area (TPSA) is 66.5 Å². The van der Waals surface area contributed by atoms with Crippen molar-refractivity contribution in [2.24, 2.45) is 0 Å². The molecule has 0 unspecified atom stereocenters. The number of thiazole rings is 1. The molecular weight excluding hydrogens is 493 g/mol. The van der Waals surface area contributed by atoms with Gasteiger partial charge in [-0.1, -0.05) is 34.5 Å². The Labute approximate surface area is 203 Å². The maximum Gasteiger partial charge on any atom is 0.321 e. The number of anilines is 1. The van der Waals surface area contributed by atoms with Crippen molar-refractivity contribution in [3.8, 4) is 5.75 Å². The maximum atomic E-state index is 14.5. The van der Waals surface area contributed by atoms with Gasteiger partial charge in [0.05, 0.1) is 26.9 Å². The molecule has 1 saturated heterocycles. The van der Waals surface area contributed by atoms with Crippen molar-refractivity contribution in [2.45, 2.75) is 19.3 Å². The molecular formula is C22H22Cl2F2N4O2S. The molecule has 3 aromatic rings. The Balaban J connectivity index is 1.34. The highest BCUT2D eigenvalue weighted by Crippen LogP contribution is 2.32. The number of urea groups is 1. The molecule has 4 rings (SSSR count). The van der Waals surface area contributed by atoms with Gasteiger partial charge in [0.25, 0.3) is 0 Å². The number of nitrogens with one attached hydrogen (secondary N) is 2. The molecule has 33 heavy (non-hydrogen) atoms. The molecule has 176 valence electrons. The molecule has 11 heteroatoms. The largest absolute Gasteiger partial charge is 0.490 e. The molecule has 0 saturated carbocycles. The molecule has 2 N–H and O–H groups in total. The van der Waals surface area contributed by atoms with Gasteiger partial charge >= 0.3 is 6.03 Å². The number of likely N-dealkylation sites (tertiary alicyclic amines) is 1. The summed E-state index contributed by atoms with van der Waals surface area (Å²) < 4.78 is 34.6. The van der Waals surface area contributed by atoms with Crippen LogP contribution in [0.1, 0.15) is 18.4 Å². The van der Waals surface area contributed by atoms with Crippen molar-refractivity contribution < 1.29 is 18.3 Å². The van der Waals surface area contributed by atoms with E-state index in [0.29, 0.717) is 21.9 Å². The summed E-state index contributed by atoms with van der Waals surface area (Å²) in [6.07, 6.45) is 2.52. The van der Waals surface area contributed by atoms with Gasteiger partial charge in [0.2, 0.25) is 0 Å². The minimum atomic E-state index is -0.605. The lowest BCUT2D eigenvalue weighted by atomic mass is 10.1. The Bertz CT molecular complexity index is 1160. The van der Waals surface area contributed by atoms with Gasteiger partial charge in [-0.2, -0.15) is 0 Å². The zero-order valence-corrected chi connectivity index (χ0v) is 19.9. The first-order valence-electron chi connectivity index (χ1n) is 10.5. The van der Waals surface area contributed by atoms with E-state index in [4.69, 9.17) is 27.9 Å². The summed E-state index contributed by atoms with van der Waals surface area (Å²) >= 11 is 13.2. The third-order valence-electron chi connectivity index (χ3n) is 5.32. The Morgan fingerprint density at radius 2 is 1.97 bits per heavy atom. The predicted octanol–water partition coefficient (Wildman–Crippen LogP) is 5.72. The maximum absolute atomic E-state index is 14.5. The fraction of sp³-hybridized carbons (Fsp3) is 0.364. The van der Waals surface area contributed by atoms with Crippen molar-refractivity contribution in [2.75, 3.05) is 38.1 Å². The number of nitrogens with zero attached hydrogens (tertiary/aromatic N) is 2. The van der Waals surface area contributed by atoms with Crippen LogP contribution in [0.4, 0.5) is 18.7 Å². The van der Waals surface area contributed by atoms with Crippen LogP contribution in [0.2, 0.25) is 10.0 Å². The summed E-state index contributed by atoms with van der Waals surface area (Å²) in [5, 5.41) is 6.21. The summed E-state index contributed by atoms with van der Waals surface area (Å²) in [5.41, 5.74) is 0.617. The lowest BCUT2D eigenvalue weighted by molar-refractivity contribution is 0.249. The number of aromatic nitrogens is 1. The second-order valence-electron chi connectivity index (χ2n) is 7.62. The second-order valence-corrected chi connectivity index (χ2v) is 9.44. The summed E-state index contributed by atoms with van der Waals surface area (Å²) in [4.78, 5) is 18.7. The lowest BCUT2D eigenvalue weighted by Crippen LogP contribution is -2.35. The SMILES string of the molecule is O=C(NCCN1CCCC1)Nc1nc2cc(F)c(OCCc3c(F)ccc(Cl)c3Cl)cc2s1. The molecule has 2 aromatic carbocycles. The number of rotatable bonds is 8. The molecule has 0 aliphatic carbocycles. The van der Waals surface area contributed by atoms with Crippen LogP contribution >= 0.6 is 34.5 Å². The van der Waals surface area contributed by atoms with Gasteiger partial charge in [-0.25, -0.2) is 18.6 Å². The first-order valence-corrected chi connectivity index (χ1v) is 12.1. The summed E-state index contributed by atoms with van der Waals surface area (Å²) in [5.74, 6) is -1.10. The summed E-state index contributed by atoms with van der Waals surface area (Å²) in [6.45, 7) is 3.49. The number of carbonyl (C=O) groups excluding carboxylic acids is 1. The summed E-state index contributed by atoms with van der Waals surface area (Å²) in [7, 11) is 0. The molecule has 0 bridgehead atoms. The number of amides is 2. The van der Waals surface area contributed by atoms with Gasteiger partial charge in [-0.3, -0.25) is 5.32 Å². The quantitative estimate of drug-likeness (QED) is 0.377. The fourth-order valence-corrected chi connectivity index (χ4v) is 4.93. The molecule has 6 nitrogen and oxygen atoms in total. The first kappa shape index (κ1) is 23.9. The van der Waals surface area contributed by atoms with E-state index >= 15 is 0 Å². The number of halogens is 4. The van der Waals surface area contributed by atoms with Crippen molar-refractivity contribution in [1.29, 1.82) is 0 Å². The molecule has 0 radical (unpaired) electrons. The molecule has 0 atom stereocenters. The molecule has 2 heterocycles. The van der Waals surface area contributed by atoms with Gasteiger partial charge in [0, 0.05) is 37.2 Å². The van der Waals surface area contributed by atoms with Crippen molar-refractivity contribution >= 4 is 55.9 Å². The standard InChI is InChI=1S/C22H22Cl2F2N4O2S/c23-14-3-4-15(25)13(20(14)24)5-10-32-18-12-19-17(11-16(18)26)28-22(33-19)29-21(31)27-6-9-30-7-1-2-8-30/h3-4,11-12H,1-2,5-10H2,(H2,27,28,29,31). The van der Waals surface area contributed by atoms with Crippen LogP contribution in [0.15, 0.2) is 24.3 Å². The lowest BCUT2D eigenvalue weighted by Gasteiger charge is -2.14. The zero-order valence-electron chi connectivity index (χ0n) is 17.6. The van der Waals surface area contributed by atoms with E-state index < -0.39 is 11.6 Å². The molecule has 2 amide bonds. The third-order valence-corrected chi connectivity index (χ3v) is 7.10. The van der Waals surface area contributed by atoms with Gasteiger partial charge < -0.3 is 15.0 Å². The number of fused-ring (bicyclic) bond motifs is 1. The Morgan fingerprint density at radius 3 is 2.76 bits per heavy atom. The van der Waals surface area contributed by atoms with Crippen LogP contribution in [-0.2, 0) is 6.42 Å². The predicted molar refractivity (Wildman–Crippen MR) is 128 cm³/mol. The normalized spacial score (nSPS) is 14.1. The van der Waals surface area contributed by atoms with Crippen molar-refractivity contribution in [3.05, 3.63) is 51.5 Å². The van der Waals surface area contributed by atoms with E-state index in [-0.39, 0.29) is 40.4 Å². The van der Waals surface area contributed by atoms with Crippen LogP contribution in [0.3, 0.4) is 0 Å². The minimum absolute atomic E-state index is 0.00272. The van der Waals surface area contributed by atoms with Gasteiger partial charge in [-0.15, -0.1) is 0 Å². The van der Waals surface area contributed by atoms with Crippen molar-refractivity contribution in [1.82, 2.24) is 15.2 Å². The van der Waals surface area contributed by atoms with E-state index in [1.165, 1.54) is 48.4 Å². The van der Waals surface area contributed by atoms with Crippen LogP contribution in [-0.4, -0.2) is 48.7 Å². The molecule has 1 aromatic heterocycles. The van der Waals surface area contributed by atoms with Crippen LogP contribution < -0.4 is 15.4 Å². The van der Waals surface area contributed by atoms with Gasteiger partial charge in [0.1, 0.15) is 5.82 Å². The van der Waals surface area contributed by atoms with Crippen LogP contribution in [0, 0.1) is 11.6 Å². The van der Waals surface area contributed by atoms with Crippen LogP contribution in [0.25, 0.3) is 10.2 Å². The minimum Gasteiger partial charge on any atom is -0.490 e. The Morgan fingerprint density at radius 1 is 1.18 bits per heavy atom. The zero-order chi connectivity index (χ0) is 23.4. The number of hydrogen-bond acceptors (Lipinski definition) is 5. The van der Waals surface area contributed by atoms with Crippen LogP contribution in [0.5, 0.6) is 5.75 Å². The second kappa shape index (κ2) is 10.8. The Hall–Kier alpha value is -2.20. The number of carbonyl (C=O) groups is 1. The average Bonchev–Trinajstić information content (AvgIpc) is 3.42. The first-order chi connectivity index (χ1) is 15.9. The highest BCUT2D eigenvalue weighted by molar-refractivity contribution is 7.22. The third kappa shape index (κ3) is 6.03. The smallest absolute Gasteiger partial charge is 0.321 e. The Kier molecular flexibility index (Phi) is 7.85. The van der Waals surface area contributed by atoms with E-state index in [2.05, 4.69) is 20.5 Å². The molecule has 0 spiro atoms. The van der Waals surface area contributed by atoms with Gasteiger partial charge in [-0.05, 0) is 38.1 Å². The number of benzene rings is 2. The summed E-state index contributed by atoms with van der Waals surface area (Å²) in [6, 6.07) is 5.00. The van der Waals surface area contributed by atoms with E-state index in [1.807, 2.05) is 0 Å². The monoisotopic (exact) mass is 514 g/mol. The van der Waals surface area contributed by atoms with Gasteiger partial charge in [0.15, 0.2) is 16.7 Å². The van der Waals surface area contributed by atoms with E-state index in [9.17, 15) is 13.6 Å². The van der Waals surface area contributed by atoms with E-state index in [1.54, 1.807) is 0 Å². The molecule has 1 fully saturated rings. The highest BCUT2D eigenvalue weighted by Gasteiger charge is 2.15. The average molecular weight is 515 g/mol. The highest BCUT2D eigenvalue weighted by atomic mass is 35.5. The number of ether oxygens (including phenoxy) is 1. The molecule has 1 aliphatic rings. The molecule has 1 aliphatic heterocycles. The number of hydrogen-bond donors (Lipinski definition) is 2.